The second-order valence-electron chi connectivity index (χ2n) is 4.89. The van der Waals surface area contributed by atoms with Crippen molar-refractivity contribution in [2.45, 2.75) is 26.0 Å². The van der Waals surface area contributed by atoms with E-state index in [9.17, 15) is 5.11 Å². The first-order chi connectivity index (χ1) is 10.5. The summed E-state index contributed by atoms with van der Waals surface area (Å²) in [6.07, 6.45) is 7.70. The van der Waals surface area contributed by atoms with E-state index in [1.54, 1.807) is 12.3 Å². The average molecular weight is 430 g/mol. The number of nitrogens with zero attached hydrogens (tertiary/aromatic N) is 4. The van der Waals surface area contributed by atoms with Gasteiger partial charge in [0.1, 0.15) is 0 Å². The standard InChI is InChI=1S/C15H18Br2N4O/c1-3-21(4-2)12-6-5-7-15(22,9-12)20-19-14-13(17)8-11(16)10-18-14/h5-6,8-10,22H,3-4,7H2,1-2H3. The fourth-order valence-electron chi connectivity index (χ4n) is 2.17. The van der Waals surface area contributed by atoms with Crippen LogP contribution in [0.5, 0.6) is 0 Å². The molecule has 0 fully saturated rings. The summed E-state index contributed by atoms with van der Waals surface area (Å²) in [5.41, 5.74) is -0.374. The SMILES string of the molecule is CCN(CC)C1=CC(O)(N=Nc2ncc(Br)cc2Br)CC=C1. The third-order valence-corrected chi connectivity index (χ3v) is 4.34. The summed E-state index contributed by atoms with van der Waals surface area (Å²) in [6, 6.07) is 1.84. The van der Waals surface area contributed by atoms with Crippen molar-refractivity contribution >= 4 is 37.7 Å². The maximum atomic E-state index is 10.6. The molecule has 0 amide bonds. The number of halogens is 2. The van der Waals surface area contributed by atoms with Gasteiger partial charge in [-0.15, -0.1) is 10.2 Å². The predicted octanol–water partition coefficient (Wildman–Crippen LogP) is 4.56. The molecule has 2 rings (SSSR count). The highest BCUT2D eigenvalue weighted by Crippen LogP contribution is 2.30. The molecule has 1 aromatic heterocycles. The van der Waals surface area contributed by atoms with Crippen molar-refractivity contribution < 1.29 is 5.11 Å². The maximum Gasteiger partial charge on any atom is 0.201 e. The van der Waals surface area contributed by atoms with Crippen LogP contribution >= 0.6 is 31.9 Å². The molecular weight excluding hydrogens is 412 g/mol. The van der Waals surface area contributed by atoms with Crippen LogP contribution < -0.4 is 0 Å². The second-order valence-corrected chi connectivity index (χ2v) is 6.66. The van der Waals surface area contributed by atoms with Gasteiger partial charge in [0.2, 0.25) is 5.72 Å². The highest BCUT2D eigenvalue weighted by Gasteiger charge is 2.26. The zero-order chi connectivity index (χ0) is 16.2. The third-order valence-electron chi connectivity index (χ3n) is 3.32. The lowest BCUT2D eigenvalue weighted by Gasteiger charge is -2.28. The number of likely N-dealkylation sites (N-methyl/N-ethyl adjacent to an activating group) is 1. The number of hydrogen-bond acceptors (Lipinski definition) is 5. The predicted molar refractivity (Wildman–Crippen MR) is 93.9 cm³/mol. The average Bonchev–Trinajstić information content (AvgIpc) is 2.48. The quantitative estimate of drug-likeness (QED) is 0.697. The highest BCUT2D eigenvalue weighted by molar-refractivity contribution is 9.11. The zero-order valence-electron chi connectivity index (χ0n) is 12.5. The zero-order valence-corrected chi connectivity index (χ0v) is 15.7. The van der Waals surface area contributed by atoms with E-state index < -0.39 is 5.72 Å². The Morgan fingerprint density at radius 2 is 2.09 bits per heavy atom. The van der Waals surface area contributed by atoms with Gasteiger partial charge in [0, 0.05) is 35.9 Å². The Hall–Kier alpha value is -1.05. The van der Waals surface area contributed by atoms with Gasteiger partial charge in [0.15, 0.2) is 5.82 Å². The molecule has 1 atom stereocenters. The summed E-state index contributed by atoms with van der Waals surface area (Å²) in [4.78, 5) is 6.32. The minimum Gasteiger partial charge on any atom is -0.372 e. The van der Waals surface area contributed by atoms with E-state index in [2.05, 4.69) is 65.8 Å². The van der Waals surface area contributed by atoms with Crippen LogP contribution in [0, 0.1) is 0 Å². The van der Waals surface area contributed by atoms with E-state index in [0.29, 0.717) is 16.7 Å². The van der Waals surface area contributed by atoms with Crippen LogP contribution in [0.15, 0.2) is 55.4 Å². The van der Waals surface area contributed by atoms with Gasteiger partial charge in [-0.05, 0) is 63.9 Å². The Morgan fingerprint density at radius 3 is 2.73 bits per heavy atom. The van der Waals surface area contributed by atoms with E-state index in [0.717, 1.165) is 23.3 Å². The van der Waals surface area contributed by atoms with Gasteiger partial charge < -0.3 is 10.0 Å². The summed E-state index contributed by atoms with van der Waals surface area (Å²) in [5.74, 6) is 0.434. The largest absolute Gasteiger partial charge is 0.372 e. The molecule has 7 heteroatoms. The maximum absolute atomic E-state index is 10.6. The lowest BCUT2D eigenvalue weighted by Crippen LogP contribution is -2.30. The van der Waals surface area contributed by atoms with E-state index in [-0.39, 0.29) is 0 Å². The molecule has 0 spiro atoms. The number of aromatic nitrogens is 1. The Labute approximate surface area is 147 Å². The molecule has 1 aromatic rings. The summed E-state index contributed by atoms with van der Waals surface area (Å²) in [5, 5.41) is 18.8. The lowest BCUT2D eigenvalue weighted by atomic mass is 10.0. The molecule has 0 aliphatic heterocycles. The molecule has 118 valence electrons. The summed E-state index contributed by atoms with van der Waals surface area (Å²) in [7, 11) is 0. The lowest BCUT2D eigenvalue weighted by molar-refractivity contribution is 0.0920. The number of hydrogen-bond donors (Lipinski definition) is 1. The Kier molecular flexibility index (Phi) is 5.88. The van der Waals surface area contributed by atoms with Crippen LogP contribution in [0.25, 0.3) is 0 Å². The van der Waals surface area contributed by atoms with Crippen molar-refractivity contribution in [1.82, 2.24) is 9.88 Å². The first-order valence-electron chi connectivity index (χ1n) is 7.08. The van der Waals surface area contributed by atoms with Crippen LogP contribution in [0.3, 0.4) is 0 Å². The van der Waals surface area contributed by atoms with Gasteiger partial charge in [-0.25, -0.2) is 4.98 Å². The topological polar surface area (TPSA) is 61.1 Å². The third kappa shape index (κ3) is 4.24. The minimum absolute atomic E-state index is 0.398. The molecule has 5 nitrogen and oxygen atoms in total. The van der Waals surface area contributed by atoms with Crippen LogP contribution in [0.2, 0.25) is 0 Å². The number of allylic oxidation sites excluding steroid dienone is 1. The van der Waals surface area contributed by atoms with Crippen molar-refractivity contribution in [3.8, 4) is 0 Å². The Bertz CT molecular complexity index is 626. The van der Waals surface area contributed by atoms with Gasteiger partial charge in [-0.2, -0.15) is 0 Å². The fourth-order valence-corrected chi connectivity index (χ4v) is 3.23. The van der Waals surface area contributed by atoms with Gasteiger partial charge >= 0.3 is 0 Å². The number of azo groups is 1. The molecule has 1 unspecified atom stereocenters. The van der Waals surface area contributed by atoms with E-state index >= 15 is 0 Å². The summed E-state index contributed by atoms with van der Waals surface area (Å²) >= 11 is 6.72. The van der Waals surface area contributed by atoms with Crippen molar-refractivity contribution in [2.75, 3.05) is 13.1 Å². The highest BCUT2D eigenvalue weighted by atomic mass is 79.9. The Balaban J connectivity index is 2.23. The van der Waals surface area contributed by atoms with Gasteiger partial charge in [-0.3, -0.25) is 0 Å². The van der Waals surface area contributed by atoms with E-state index in [1.165, 1.54) is 0 Å². The minimum atomic E-state index is -1.33. The van der Waals surface area contributed by atoms with Crippen LogP contribution in [0.4, 0.5) is 5.82 Å². The first-order valence-corrected chi connectivity index (χ1v) is 8.66. The molecule has 1 heterocycles. The van der Waals surface area contributed by atoms with Gasteiger partial charge in [0.25, 0.3) is 0 Å². The summed E-state index contributed by atoms with van der Waals surface area (Å²) < 4.78 is 1.56. The van der Waals surface area contributed by atoms with E-state index in [1.807, 2.05) is 18.2 Å². The normalized spacial score (nSPS) is 21.2. The molecule has 22 heavy (non-hydrogen) atoms. The molecule has 1 aliphatic carbocycles. The molecule has 1 N–H and O–H groups in total. The van der Waals surface area contributed by atoms with Crippen LogP contribution in [0.1, 0.15) is 20.3 Å². The fraction of sp³-hybridized carbons (Fsp3) is 0.400. The van der Waals surface area contributed by atoms with Crippen molar-refractivity contribution in [3.63, 3.8) is 0 Å². The molecule has 0 saturated carbocycles. The van der Waals surface area contributed by atoms with Crippen LogP contribution in [-0.4, -0.2) is 33.8 Å². The molecule has 0 bridgehead atoms. The molecule has 0 aromatic carbocycles. The van der Waals surface area contributed by atoms with Crippen LogP contribution in [-0.2, 0) is 0 Å². The van der Waals surface area contributed by atoms with E-state index in [4.69, 9.17) is 0 Å². The van der Waals surface area contributed by atoms with Gasteiger partial charge in [-0.1, -0.05) is 6.08 Å². The molecular formula is C15H18Br2N4O. The molecule has 0 saturated heterocycles. The smallest absolute Gasteiger partial charge is 0.201 e. The monoisotopic (exact) mass is 428 g/mol. The summed E-state index contributed by atoms with van der Waals surface area (Å²) in [6.45, 7) is 5.91. The van der Waals surface area contributed by atoms with Crippen molar-refractivity contribution in [1.29, 1.82) is 0 Å². The second kappa shape index (κ2) is 7.48. The van der Waals surface area contributed by atoms with Crippen molar-refractivity contribution in [3.05, 3.63) is 45.1 Å². The molecule has 0 radical (unpaired) electrons. The molecule has 1 aliphatic rings. The van der Waals surface area contributed by atoms with Gasteiger partial charge in [0.05, 0.1) is 4.47 Å². The number of pyridine rings is 1. The first kappa shape index (κ1) is 17.3. The Morgan fingerprint density at radius 1 is 1.36 bits per heavy atom. The number of rotatable bonds is 5. The number of aliphatic hydroxyl groups is 1. The van der Waals surface area contributed by atoms with Crippen molar-refractivity contribution in [2.24, 2.45) is 10.2 Å².